The highest BCUT2D eigenvalue weighted by atomic mass is 16.6. The second-order valence-corrected chi connectivity index (χ2v) is 6.29. The van der Waals surface area contributed by atoms with Crippen molar-refractivity contribution < 1.29 is 23.7 Å². The Balaban J connectivity index is 1.93. The number of fused-ring (bicyclic) bond motifs is 1. The number of Topliss-reactive ketones (excluding diaryl/α,β-unsaturated/α-hetero) is 1. The predicted molar refractivity (Wildman–Crippen MR) is 109 cm³/mol. The number of anilines is 1. The molecule has 0 atom stereocenters. The predicted octanol–water partition coefficient (Wildman–Crippen LogP) is 4.12. The summed E-state index contributed by atoms with van der Waals surface area (Å²) in [7, 11) is 1.58. The molecule has 1 aliphatic rings. The number of ketones is 1. The van der Waals surface area contributed by atoms with Crippen LogP contribution in [0.1, 0.15) is 36.2 Å². The van der Waals surface area contributed by atoms with Crippen LogP contribution in [0.2, 0.25) is 0 Å². The molecule has 28 heavy (non-hydrogen) atoms. The number of rotatable bonds is 7. The third-order valence-corrected chi connectivity index (χ3v) is 4.44. The second-order valence-electron chi connectivity index (χ2n) is 6.29. The molecule has 0 unspecified atom stereocenters. The van der Waals surface area contributed by atoms with E-state index in [4.69, 9.17) is 24.7 Å². The van der Waals surface area contributed by atoms with Gasteiger partial charge in [0.15, 0.2) is 17.3 Å². The summed E-state index contributed by atoms with van der Waals surface area (Å²) in [5, 5.41) is 0. The van der Waals surface area contributed by atoms with Crippen LogP contribution in [0, 0.1) is 0 Å². The standard InChI is InChI=1S/C22H25NO5/c1-4-15(21(24)16-6-7-18(26-5-2)17(23)13-16)10-14-11-19(25-3)22-20(12-14)27-8-9-28-22/h6-7,10-13H,4-5,8-9,23H2,1-3H3/b15-10+. The van der Waals surface area contributed by atoms with Crippen LogP contribution in [0.3, 0.4) is 0 Å². The number of carbonyl (C=O) groups excluding carboxylic acids is 1. The molecule has 0 bridgehead atoms. The summed E-state index contributed by atoms with van der Waals surface area (Å²) in [6, 6.07) is 8.81. The van der Waals surface area contributed by atoms with Gasteiger partial charge in [-0.15, -0.1) is 0 Å². The first-order valence-electron chi connectivity index (χ1n) is 9.32. The first-order chi connectivity index (χ1) is 13.6. The van der Waals surface area contributed by atoms with Gasteiger partial charge >= 0.3 is 0 Å². The highest BCUT2D eigenvalue weighted by Crippen LogP contribution is 2.41. The normalized spacial score (nSPS) is 13.2. The molecule has 2 aromatic carbocycles. The Bertz CT molecular complexity index is 887. The van der Waals surface area contributed by atoms with Crippen molar-refractivity contribution in [1.29, 1.82) is 0 Å². The van der Waals surface area contributed by atoms with Gasteiger partial charge in [-0.05, 0) is 55.3 Å². The van der Waals surface area contributed by atoms with E-state index in [1.54, 1.807) is 25.3 Å². The van der Waals surface area contributed by atoms with Gasteiger partial charge in [0.25, 0.3) is 0 Å². The maximum Gasteiger partial charge on any atom is 0.203 e. The van der Waals surface area contributed by atoms with E-state index in [1.807, 2.05) is 32.1 Å². The molecule has 0 saturated heterocycles. The van der Waals surface area contributed by atoms with E-state index in [2.05, 4.69) is 0 Å². The minimum Gasteiger partial charge on any atom is -0.493 e. The Morgan fingerprint density at radius 2 is 1.93 bits per heavy atom. The van der Waals surface area contributed by atoms with Crippen molar-refractivity contribution in [3.05, 3.63) is 47.0 Å². The van der Waals surface area contributed by atoms with E-state index >= 15 is 0 Å². The Labute approximate surface area is 164 Å². The number of hydrogen-bond donors (Lipinski definition) is 1. The molecule has 6 heteroatoms. The van der Waals surface area contributed by atoms with Crippen molar-refractivity contribution in [2.24, 2.45) is 0 Å². The Morgan fingerprint density at radius 3 is 2.61 bits per heavy atom. The van der Waals surface area contributed by atoms with Crippen LogP contribution >= 0.6 is 0 Å². The minimum atomic E-state index is -0.0777. The van der Waals surface area contributed by atoms with E-state index in [-0.39, 0.29) is 5.78 Å². The smallest absolute Gasteiger partial charge is 0.203 e. The van der Waals surface area contributed by atoms with Crippen molar-refractivity contribution in [2.45, 2.75) is 20.3 Å². The minimum absolute atomic E-state index is 0.0777. The van der Waals surface area contributed by atoms with E-state index in [0.717, 1.165) is 5.56 Å². The van der Waals surface area contributed by atoms with Gasteiger partial charge in [-0.2, -0.15) is 0 Å². The average molecular weight is 383 g/mol. The molecule has 6 nitrogen and oxygen atoms in total. The highest BCUT2D eigenvalue weighted by Gasteiger charge is 2.19. The van der Waals surface area contributed by atoms with E-state index < -0.39 is 0 Å². The van der Waals surface area contributed by atoms with Gasteiger partial charge < -0.3 is 24.7 Å². The topological polar surface area (TPSA) is 80.0 Å². The molecule has 0 aromatic heterocycles. The zero-order valence-corrected chi connectivity index (χ0v) is 16.4. The molecule has 0 aliphatic carbocycles. The summed E-state index contributed by atoms with van der Waals surface area (Å²) in [6.07, 6.45) is 2.42. The molecule has 0 radical (unpaired) electrons. The number of nitrogen functional groups attached to an aromatic ring is 1. The average Bonchev–Trinajstić information content (AvgIpc) is 2.72. The quantitative estimate of drug-likeness (QED) is 0.440. The van der Waals surface area contributed by atoms with Crippen molar-refractivity contribution in [1.82, 2.24) is 0 Å². The van der Waals surface area contributed by atoms with Gasteiger partial charge in [0, 0.05) is 11.1 Å². The highest BCUT2D eigenvalue weighted by molar-refractivity contribution is 6.11. The second kappa shape index (κ2) is 8.69. The molecule has 0 fully saturated rings. The Hall–Kier alpha value is -3.15. The van der Waals surface area contributed by atoms with Crippen LogP contribution in [0.4, 0.5) is 5.69 Å². The molecule has 3 rings (SSSR count). The van der Waals surface area contributed by atoms with Crippen LogP contribution in [-0.2, 0) is 0 Å². The molecule has 148 valence electrons. The van der Waals surface area contributed by atoms with E-state index in [9.17, 15) is 4.79 Å². The fraction of sp³-hybridized carbons (Fsp3) is 0.318. The van der Waals surface area contributed by atoms with Crippen molar-refractivity contribution in [3.63, 3.8) is 0 Å². The number of hydrogen-bond acceptors (Lipinski definition) is 6. The summed E-state index contributed by atoms with van der Waals surface area (Å²) < 4.78 is 22.2. The third kappa shape index (κ3) is 4.06. The van der Waals surface area contributed by atoms with Crippen LogP contribution in [0.25, 0.3) is 6.08 Å². The maximum atomic E-state index is 13.0. The summed E-state index contributed by atoms with van der Waals surface area (Å²) in [6.45, 7) is 5.31. The first kappa shape index (κ1) is 19.6. The lowest BCUT2D eigenvalue weighted by molar-refractivity contribution is 0.103. The molecule has 0 spiro atoms. The lowest BCUT2D eigenvalue weighted by atomic mass is 9.98. The number of allylic oxidation sites excluding steroid dienone is 1. The fourth-order valence-electron chi connectivity index (χ4n) is 3.07. The van der Waals surface area contributed by atoms with Crippen LogP contribution in [0.15, 0.2) is 35.9 Å². The molecular formula is C22H25NO5. The number of methoxy groups -OCH3 is 1. The number of ether oxygens (including phenoxy) is 4. The fourth-order valence-corrected chi connectivity index (χ4v) is 3.07. The zero-order chi connectivity index (χ0) is 20.1. The zero-order valence-electron chi connectivity index (χ0n) is 16.4. The van der Waals surface area contributed by atoms with Crippen LogP contribution in [-0.4, -0.2) is 32.7 Å². The van der Waals surface area contributed by atoms with Crippen molar-refractivity contribution >= 4 is 17.5 Å². The van der Waals surface area contributed by atoms with Gasteiger partial charge in [0.05, 0.1) is 19.4 Å². The van der Waals surface area contributed by atoms with Crippen LogP contribution < -0.4 is 24.7 Å². The molecule has 2 aromatic rings. The lowest BCUT2D eigenvalue weighted by Gasteiger charge is -2.21. The van der Waals surface area contributed by atoms with E-state index in [0.29, 0.717) is 66.1 Å². The molecule has 0 amide bonds. The van der Waals surface area contributed by atoms with Crippen molar-refractivity contribution in [3.8, 4) is 23.0 Å². The molecule has 2 N–H and O–H groups in total. The maximum absolute atomic E-state index is 13.0. The molecule has 1 heterocycles. The van der Waals surface area contributed by atoms with Crippen LogP contribution in [0.5, 0.6) is 23.0 Å². The summed E-state index contributed by atoms with van der Waals surface area (Å²) in [4.78, 5) is 13.0. The Morgan fingerprint density at radius 1 is 1.14 bits per heavy atom. The van der Waals surface area contributed by atoms with Crippen molar-refractivity contribution in [2.75, 3.05) is 32.7 Å². The molecular weight excluding hydrogens is 358 g/mol. The SMILES string of the molecule is CCOc1ccc(C(=O)/C(=C/c2cc(OC)c3c(c2)OCCO3)CC)cc1N. The summed E-state index contributed by atoms with van der Waals surface area (Å²) >= 11 is 0. The van der Waals surface area contributed by atoms with Gasteiger partial charge in [-0.25, -0.2) is 0 Å². The van der Waals surface area contributed by atoms with Gasteiger partial charge in [0.2, 0.25) is 5.75 Å². The first-order valence-corrected chi connectivity index (χ1v) is 9.32. The molecule has 0 saturated carbocycles. The Kier molecular flexibility index (Phi) is 6.09. The van der Waals surface area contributed by atoms with Gasteiger partial charge in [-0.1, -0.05) is 6.92 Å². The summed E-state index contributed by atoms with van der Waals surface area (Å²) in [5.74, 6) is 2.29. The largest absolute Gasteiger partial charge is 0.493 e. The monoisotopic (exact) mass is 383 g/mol. The number of benzene rings is 2. The lowest BCUT2D eigenvalue weighted by Crippen LogP contribution is -2.16. The van der Waals surface area contributed by atoms with Gasteiger partial charge in [0.1, 0.15) is 19.0 Å². The number of carbonyl (C=O) groups is 1. The van der Waals surface area contributed by atoms with Gasteiger partial charge in [-0.3, -0.25) is 4.79 Å². The number of nitrogens with two attached hydrogens (primary N) is 1. The van der Waals surface area contributed by atoms with E-state index in [1.165, 1.54) is 0 Å². The third-order valence-electron chi connectivity index (χ3n) is 4.44. The molecule has 1 aliphatic heterocycles. The summed E-state index contributed by atoms with van der Waals surface area (Å²) in [5.41, 5.74) is 8.45.